The van der Waals surface area contributed by atoms with Gasteiger partial charge in [0.1, 0.15) is 0 Å². The van der Waals surface area contributed by atoms with Crippen LogP contribution in [-0.2, 0) is 25.8 Å². The maximum absolute atomic E-state index is 3.23. The van der Waals surface area contributed by atoms with Gasteiger partial charge in [-0.2, -0.15) is 0 Å². The van der Waals surface area contributed by atoms with E-state index in [0.717, 1.165) is 6.42 Å². The van der Waals surface area contributed by atoms with Gasteiger partial charge in [-0.25, -0.2) is 0 Å². The normalized spacial score (nSPS) is 9.64. The van der Waals surface area contributed by atoms with E-state index in [1.165, 1.54) is 15.0 Å². The molecule has 58 valence electrons. The van der Waals surface area contributed by atoms with Crippen LogP contribution in [0.25, 0.3) is 0 Å². The monoisotopic (exact) mass is 315 g/mol. The van der Waals surface area contributed by atoms with Crippen LogP contribution in [0.2, 0.25) is 0 Å². The molecule has 1 aromatic rings. The van der Waals surface area contributed by atoms with Gasteiger partial charge in [0, 0.05) is 0 Å². The first-order valence-electron chi connectivity index (χ1n) is 3.65. The van der Waals surface area contributed by atoms with Crippen molar-refractivity contribution in [3.8, 4) is 0 Å². The van der Waals surface area contributed by atoms with Gasteiger partial charge in [-0.1, -0.05) is 0 Å². The molecule has 1 rings (SSSR count). The molecule has 0 aliphatic heterocycles. The van der Waals surface area contributed by atoms with Crippen molar-refractivity contribution < 1.29 is 19.4 Å². The van der Waals surface area contributed by atoms with Crippen molar-refractivity contribution in [2.75, 3.05) is 0 Å². The van der Waals surface area contributed by atoms with Gasteiger partial charge in [-0.15, -0.1) is 0 Å². The Morgan fingerprint density at radius 2 is 2.36 bits per heavy atom. The fourth-order valence-corrected chi connectivity index (χ4v) is 1.57. The summed E-state index contributed by atoms with van der Waals surface area (Å²) in [7, 11) is 0. The summed E-state index contributed by atoms with van der Waals surface area (Å²) in [6, 6.07) is 9.52. The van der Waals surface area contributed by atoms with Crippen molar-refractivity contribution in [2.45, 2.75) is 20.3 Å². The Labute approximate surface area is 79.0 Å². The molecule has 0 aliphatic rings. The Hall–Kier alpha value is -0.222. The van der Waals surface area contributed by atoms with Crippen LogP contribution >= 0.6 is 0 Å². The van der Waals surface area contributed by atoms with E-state index in [1.54, 1.807) is 19.4 Å². The van der Waals surface area contributed by atoms with Gasteiger partial charge in [0.05, 0.1) is 0 Å². The van der Waals surface area contributed by atoms with Gasteiger partial charge in [-0.3, -0.25) is 0 Å². The minimum atomic E-state index is 1.09. The van der Waals surface area contributed by atoms with Crippen molar-refractivity contribution in [3.63, 3.8) is 0 Å². The van der Waals surface area contributed by atoms with Crippen LogP contribution in [0.15, 0.2) is 18.2 Å². The number of aryl methyl sites for hydroxylation is 1. The second-order valence-corrected chi connectivity index (χ2v) is 5.27. The fourth-order valence-electron chi connectivity index (χ4n) is 1.02. The van der Waals surface area contributed by atoms with Crippen molar-refractivity contribution in [2.24, 2.45) is 0 Å². The van der Waals surface area contributed by atoms with E-state index in [9.17, 15) is 0 Å². The van der Waals surface area contributed by atoms with Crippen LogP contribution < -0.4 is 0 Å². The minimum absolute atomic E-state index is 1.09. The van der Waals surface area contributed by atoms with Crippen LogP contribution in [0.1, 0.15) is 18.1 Å². The molecule has 0 radical (unpaired) electrons. The summed E-state index contributed by atoms with van der Waals surface area (Å²) < 4.78 is 1.52. The zero-order valence-corrected chi connectivity index (χ0v) is 9.78. The van der Waals surface area contributed by atoms with Crippen molar-refractivity contribution in [3.05, 3.63) is 35.4 Å². The molecule has 0 atom stereocenters. The quantitative estimate of drug-likeness (QED) is 0.733. The molecule has 0 N–H and O–H groups in total. The molecule has 0 aromatic heterocycles. The molecular formula is C10H11W-. The van der Waals surface area contributed by atoms with E-state index in [1.807, 2.05) is 6.07 Å². The molecule has 1 aromatic carbocycles. The van der Waals surface area contributed by atoms with Crippen molar-refractivity contribution in [1.82, 2.24) is 0 Å². The Balaban J connectivity index is 2.79. The van der Waals surface area contributed by atoms with Crippen molar-refractivity contribution >= 4 is 3.90 Å². The summed E-state index contributed by atoms with van der Waals surface area (Å²) >= 11 is 1.58. The van der Waals surface area contributed by atoms with E-state index < -0.39 is 0 Å². The van der Waals surface area contributed by atoms with Crippen molar-refractivity contribution in [1.29, 1.82) is 0 Å². The molecule has 0 bridgehead atoms. The molecule has 11 heavy (non-hydrogen) atoms. The number of rotatable bonds is 2. The topological polar surface area (TPSA) is 0 Å². The van der Waals surface area contributed by atoms with E-state index >= 15 is 0 Å². The van der Waals surface area contributed by atoms with Gasteiger partial charge >= 0.3 is 78.9 Å². The van der Waals surface area contributed by atoms with Gasteiger partial charge < -0.3 is 0 Å². The molecule has 0 saturated heterocycles. The Morgan fingerprint density at radius 1 is 1.64 bits per heavy atom. The van der Waals surface area contributed by atoms with E-state index in [4.69, 9.17) is 0 Å². The fraction of sp³-hybridized carbons (Fsp3) is 0.300. The second-order valence-electron chi connectivity index (χ2n) is 2.77. The van der Waals surface area contributed by atoms with Crippen LogP contribution in [-0.4, -0.2) is 3.90 Å². The Morgan fingerprint density at radius 3 is 2.91 bits per heavy atom. The number of hydrogen-bond donors (Lipinski definition) is 0. The molecule has 0 unspecified atom stereocenters. The predicted octanol–water partition coefficient (Wildman–Crippen LogP) is 2.08. The van der Waals surface area contributed by atoms with E-state index in [2.05, 4.69) is 32.0 Å². The molecular weight excluding hydrogens is 304 g/mol. The molecule has 0 saturated carbocycles. The molecule has 0 nitrogen and oxygen atoms in total. The van der Waals surface area contributed by atoms with Gasteiger partial charge in [0.15, 0.2) is 0 Å². The number of hydrogen-bond acceptors (Lipinski definition) is 0. The Kier molecular flexibility index (Phi) is 3.20. The molecule has 1 heteroatoms. The van der Waals surface area contributed by atoms with Crippen LogP contribution in [0, 0.1) is 13.0 Å². The van der Waals surface area contributed by atoms with E-state index in [-0.39, 0.29) is 0 Å². The van der Waals surface area contributed by atoms with E-state index in [0.29, 0.717) is 0 Å². The first kappa shape index (κ1) is 8.87. The third kappa shape index (κ3) is 3.12. The molecule has 0 amide bonds. The molecule has 0 spiro atoms. The van der Waals surface area contributed by atoms with Crippen LogP contribution in [0.4, 0.5) is 0 Å². The first-order valence-corrected chi connectivity index (χ1v) is 5.12. The first-order chi connectivity index (χ1) is 5.18. The summed E-state index contributed by atoms with van der Waals surface area (Å²) in [6.07, 6.45) is 1.09. The van der Waals surface area contributed by atoms with Crippen LogP contribution in [0.5, 0.6) is 0 Å². The summed E-state index contributed by atoms with van der Waals surface area (Å²) in [4.78, 5) is 0. The van der Waals surface area contributed by atoms with Gasteiger partial charge in [0.2, 0.25) is 0 Å². The zero-order chi connectivity index (χ0) is 8.27. The molecule has 0 heterocycles. The summed E-state index contributed by atoms with van der Waals surface area (Å²) in [6.45, 7) is 4.31. The maximum atomic E-state index is 3.23. The van der Waals surface area contributed by atoms with Gasteiger partial charge in [-0.05, 0) is 0 Å². The summed E-state index contributed by atoms with van der Waals surface area (Å²) in [5.74, 6) is 0. The average molecular weight is 315 g/mol. The average Bonchev–Trinajstić information content (AvgIpc) is 1.85. The van der Waals surface area contributed by atoms with Gasteiger partial charge in [0.25, 0.3) is 0 Å². The zero-order valence-electron chi connectivity index (χ0n) is 6.85. The predicted molar refractivity (Wildman–Crippen MR) is 44.4 cm³/mol. The third-order valence-corrected chi connectivity index (χ3v) is 1.97. The second kappa shape index (κ2) is 3.97. The summed E-state index contributed by atoms with van der Waals surface area (Å²) in [5.41, 5.74) is 2.65. The molecule has 0 aliphatic carbocycles. The Bertz CT molecular complexity index is 263. The summed E-state index contributed by atoms with van der Waals surface area (Å²) in [5, 5.41) is 0. The standard InChI is InChI=1S/C10H11.W/c1-3-5-10-7-4-6-9(2)8-10;/h4,6,8H,5H2,1-2H3;/q-1;. The van der Waals surface area contributed by atoms with Crippen LogP contribution in [0.3, 0.4) is 0 Å². The molecule has 0 fully saturated rings. The SMILES string of the molecule is C[C](=[W])Cc1[c-]ccc(C)c1. The third-order valence-electron chi connectivity index (χ3n) is 1.46. The number of benzene rings is 1.